The lowest BCUT2D eigenvalue weighted by Gasteiger charge is -2.11. The largest absolute Gasteiger partial charge is 0.494 e. The quantitative estimate of drug-likeness (QED) is 0.0578. The molecule has 3 rings (SSSR count). The number of benzene rings is 3. The Kier molecular flexibility index (Phi) is 12.1. The molecule has 3 aromatic rings. The zero-order valence-electron chi connectivity index (χ0n) is 23.2. The summed E-state index contributed by atoms with van der Waals surface area (Å²) >= 11 is 0. The van der Waals surface area contributed by atoms with Crippen LogP contribution in [0.1, 0.15) is 78.9 Å². The van der Waals surface area contributed by atoms with Crippen LogP contribution in [0.4, 0.5) is 11.4 Å². The number of esters is 1. The summed E-state index contributed by atoms with van der Waals surface area (Å²) in [6.45, 7) is 2.78. The van der Waals surface area contributed by atoms with Crippen molar-refractivity contribution in [2.45, 2.75) is 64.7 Å². The van der Waals surface area contributed by atoms with Crippen molar-refractivity contribution in [2.24, 2.45) is 0 Å². The lowest BCUT2D eigenvalue weighted by molar-refractivity contribution is -0.128. The molecule has 0 aliphatic heterocycles. The van der Waals surface area contributed by atoms with E-state index in [0.29, 0.717) is 35.7 Å². The first-order valence-electron chi connectivity index (χ1n) is 14.0. The van der Waals surface area contributed by atoms with Gasteiger partial charge in [-0.15, -0.1) is 0 Å². The first kappa shape index (κ1) is 30.3. The van der Waals surface area contributed by atoms with Gasteiger partial charge in [0.05, 0.1) is 12.2 Å². The Morgan fingerprint density at radius 1 is 0.825 bits per heavy atom. The van der Waals surface area contributed by atoms with E-state index in [4.69, 9.17) is 20.9 Å². The van der Waals surface area contributed by atoms with Crippen molar-refractivity contribution in [1.82, 2.24) is 0 Å². The number of unbranched alkanes of at least 4 members (excludes halogenated alkanes) is 5. The van der Waals surface area contributed by atoms with E-state index < -0.39 is 11.9 Å². The Bertz CT molecular complexity index is 1270. The number of aromatic carboxylic acids is 1. The number of carbonyl (C=O) groups excluding carboxylic acids is 1. The fraction of sp³-hybridized carbons (Fsp3) is 0.333. The minimum atomic E-state index is -1.01. The van der Waals surface area contributed by atoms with Crippen LogP contribution in [0.3, 0.4) is 0 Å². The van der Waals surface area contributed by atoms with E-state index in [0.717, 1.165) is 43.4 Å². The highest BCUT2D eigenvalue weighted by Crippen LogP contribution is 2.24. The van der Waals surface area contributed by atoms with Gasteiger partial charge in [0.25, 0.3) is 0 Å². The normalized spacial score (nSPS) is 11.0. The standard InChI is InChI=1S/C33H40N2O5/c1-2-3-6-9-24-13-18-28(19-14-24)40-32(36)20-15-25-11-16-27(17-12-25)39-21-8-5-4-7-10-29-30(33(37)38)22-26(34)23-31(29)35/h11-20,22-23H,2-10,21,34-35H2,1H3,(H,37,38)/b20-15+. The number of hydrogen-bond donors (Lipinski definition) is 3. The van der Waals surface area contributed by atoms with Crippen molar-refractivity contribution in [3.8, 4) is 11.5 Å². The van der Waals surface area contributed by atoms with Crippen LogP contribution < -0.4 is 20.9 Å². The molecule has 0 amide bonds. The number of carboxylic acids is 1. The van der Waals surface area contributed by atoms with Gasteiger partial charge < -0.3 is 26.0 Å². The molecule has 0 atom stereocenters. The molecule has 5 N–H and O–H groups in total. The molecule has 40 heavy (non-hydrogen) atoms. The highest BCUT2D eigenvalue weighted by atomic mass is 16.5. The van der Waals surface area contributed by atoms with Crippen molar-refractivity contribution in [3.63, 3.8) is 0 Å². The van der Waals surface area contributed by atoms with Gasteiger partial charge in [-0.1, -0.05) is 56.9 Å². The van der Waals surface area contributed by atoms with Gasteiger partial charge in [-0.05, 0) is 91.3 Å². The van der Waals surface area contributed by atoms with Gasteiger partial charge in [0.15, 0.2) is 0 Å². The van der Waals surface area contributed by atoms with E-state index in [2.05, 4.69) is 6.92 Å². The Hall–Kier alpha value is -4.26. The second-order valence-electron chi connectivity index (χ2n) is 9.88. The van der Waals surface area contributed by atoms with Crippen LogP contribution in [-0.4, -0.2) is 23.7 Å². The lowest BCUT2D eigenvalue weighted by Crippen LogP contribution is -2.08. The number of hydrogen-bond acceptors (Lipinski definition) is 6. The molecule has 0 unspecified atom stereocenters. The second-order valence-corrected chi connectivity index (χ2v) is 9.88. The molecule has 0 aliphatic rings. The van der Waals surface area contributed by atoms with Gasteiger partial charge in [0.2, 0.25) is 0 Å². The van der Waals surface area contributed by atoms with Crippen LogP contribution in [-0.2, 0) is 17.6 Å². The monoisotopic (exact) mass is 544 g/mol. The van der Waals surface area contributed by atoms with E-state index in [9.17, 15) is 14.7 Å². The highest BCUT2D eigenvalue weighted by molar-refractivity contribution is 5.92. The smallest absolute Gasteiger partial charge is 0.336 e. The predicted octanol–water partition coefficient (Wildman–Crippen LogP) is 7.08. The van der Waals surface area contributed by atoms with Crippen LogP contribution in [0.15, 0.2) is 66.7 Å². The maximum Gasteiger partial charge on any atom is 0.336 e. The van der Waals surface area contributed by atoms with E-state index in [1.165, 1.54) is 37.0 Å². The molecule has 0 saturated heterocycles. The number of anilines is 2. The summed E-state index contributed by atoms with van der Waals surface area (Å²) in [7, 11) is 0. The third-order valence-electron chi connectivity index (χ3n) is 6.63. The molecule has 0 radical (unpaired) electrons. The molecule has 3 aromatic carbocycles. The second kappa shape index (κ2) is 16.0. The summed E-state index contributed by atoms with van der Waals surface area (Å²) in [4.78, 5) is 23.7. The van der Waals surface area contributed by atoms with Crippen molar-refractivity contribution < 1.29 is 24.2 Å². The third-order valence-corrected chi connectivity index (χ3v) is 6.63. The first-order chi connectivity index (χ1) is 19.4. The van der Waals surface area contributed by atoms with Crippen LogP contribution in [0, 0.1) is 0 Å². The zero-order valence-corrected chi connectivity index (χ0v) is 23.2. The Labute approximate surface area is 236 Å². The van der Waals surface area contributed by atoms with Gasteiger partial charge >= 0.3 is 11.9 Å². The van der Waals surface area contributed by atoms with Crippen molar-refractivity contribution >= 4 is 29.4 Å². The highest BCUT2D eigenvalue weighted by Gasteiger charge is 2.14. The average Bonchev–Trinajstić information content (AvgIpc) is 2.93. The summed E-state index contributed by atoms with van der Waals surface area (Å²) in [5.74, 6) is -0.128. The number of rotatable bonds is 16. The molecule has 0 heterocycles. The van der Waals surface area contributed by atoms with Crippen LogP contribution in [0.5, 0.6) is 11.5 Å². The van der Waals surface area contributed by atoms with Crippen molar-refractivity contribution in [2.75, 3.05) is 18.1 Å². The fourth-order valence-corrected chi connectivity index (χ4v) is 4.43. The number of nitrogens with two attached hydrogens (primary N) is 2. The van der Waals surface area contributed by atoms with Crippen molar-refractivity contribution in [1.29, 1.82) is 0 Å². The Morgan fingerprint density at radius 3 is 2.20 bits per heavy atom. The van der Waals surface area contributed by atoms with Crippen LogP contribution >= 0.6 is 0 Å². The van der Waals surface area contributed by atoms with Gasteiger partial charge in [-0.25, -0.2) is 9.59 Å². The molecule has 0 saturated carbocycles. The number of carboxylic acid groups (broad SMARTS) is 1. The van der Waals surface area contributed by atoms with E-state index >= 15 is 0 Å². The van der Waals surface area contributed by atoms with Gasteiger partial charge in [-0.3, -0.25) is 0 Å². The summed E-state index contributed by atoms with van der Waals surface area (Å²) in [6.07, 6.45) is 12.0. The molecule has 0 spiro atoms. The number of nitrogen functional groups attached to an aromatic ring is 2. The van der Waals surface area contributed by atoms with E-state index in [1.54, 1.807) is 12.1 Å². The minimum Gasteiger partial charge on any atom is -0.494 e. The molecular weight excluding hydrogens is 504 g/mol. The average molecular weight is 545 g/mol. The Morgan fingerprint density at radius 2 is 1.50 bits per heavy atom. The maximum atomic E-state index is 12.2. The number of ether oxygens (including phenoxy) is 2. The van der Waals surface area contributed by atoms with E-state index in [1.807, 2.05) is 48.5 Å². The number of carbonyl (C=O) groups is 2. The maximum absolute atomic E-state index is 12.2. The summed E-state index contributed by atoms with van der Waals surface area (Å²) in [5, 5.41) is 9.40. The number of aryl methyl sites for hydroxylation is 1. The fourth-order valence-electron chi connectivity index (χ4n) is 4.43. The summed E-state index contributed by atoms with van der Waals surface area (Å²) < 4.78 is 11.2. The SMILES string of the molecule is CCCCCc1ccc(OC(=O)/C=C/c2ccc(OCCCCCCc3c(N)cc(N)cc3C(=O)O)cc2)cc1. The first-order valence-corrected chi connectivity index (χ1v) is 14.0. The molecule has 212 valence electrons. The van der Waals surface area contributed by atoms with Gasteiger partial charge in [0.1, 0.15) is 11.5 Å². The summed E-state index contributed by atoms with van der Waals surface area (Å²) in [6, 6.07) is 18.3. The topological polar surface area (TPSA) is 125 Å². The zero-order chi connectivity index (χ0) is 28.7. The minimum absolute atomic E-state index is 0.179. The molecule has 0 bridgehead atoms. The molecule has 7 heteroatoms. The molecule has 7 nitrogen and oxygen atoms in total. The Balaban J connectivity index is 1.33. The van der Waals surface area contributed by atoms with Crippen LogP contribution in [0.25, 0.3) is 6.08 Å². The summed E-state index contributed by atoms with van der Waals surface area (Å²) in [5.41, 5.74) is 15.5. The van der Waals surface area contributed by atoms with Gasteiger partial charge in [0, 0.05) is 17.5 Å². The molecule has 0 fully saturated rings. The van der Waals surface area contributed by atoms with Gasteiger partial charge in [-0.2, -0.15) is 0 Å². The molecular formula is C33H40N2O5. The predicted molar refractivity (Wildman–Crippen MR) is 161 cm³/mol. The lowest BCUT2D eigenvalue weighted by atomic mass is 9.98. The molecule has 0 aliphatic carbocycles. The van der Waals surface area contributed by atoms with E-state index in [-0.39, 0.29) is 5.56 Å². The molecule has 0 aromatic heterocycles. The van der Waals surface area contributed by atoms with Crippen molar-refractivity contribution in [3.05, 3.63) is 89.0 Å². The third kappa shape index (κ3) is 10.1. The van der Waals surface area contributed by atoms with Crippen LogP contribution in [0.2, 0.25) is 0 Å².